The summed E-state index contributed by atoms with van der Waals surface area (Å²) in [5.41, 5.74) is 7.14. The molecule has 0 bridgehead atoms. The number of aromatic nitrogens is 4. The van der Waals surface area contributed by atoms with E-state index in [-0.39, 0.29) is 36.3 Å². The number of H-pyrrole nitrogens is 1. The Labute approximate surface area is 141 Å². The van der Waals surface area contributed by atoms with E-state index in [1.54, 1.807) is 0 Å². The molecule has 0 radical (unpaired) electrons. The molecular weight excluding hydrogens is 316 g/mol. The molecule has 0 spiro atoms. The minimum Gasteiger partial charge on any atom is -0.346 e. The molecular formula is C15H23ClN6O. The molecule has 0 fully saturated rings. The van der Waals surface area contributed by atoms with Gasteiger partial charge in [-0.15, -0.1) is 22.6 Å². The molecule has 0 aliphatic rings. The van der Waals surface area contributed by atoms with Gasteiger partial charge in [-0.1, -0.05) is 55.8 Å². The number of nitrogens with two attached hydrogens (primary N) is 1. The van der Waals surface area contributed by atoms with Gasteiger partial charge < -0.3 is 11.1 Å². The number of amides is 1. The first-order valence-corrected chi connectivity index (χ1v) is 7.47. The van der Waals surface area contributed by atoms with Crippen molar-refractivity contribution in [1.82, 2.24) is 25.9 Å². The Hall–Kier alpha value is -1.99. The van der Waals surface area contributed by atoms with Crippen molar-refractivity contribution in [3.05, 3.63) is 41.7 Å². The van der Waals surface area contributed by atoms with Gasteiger partial charge in [0.25, 0.3) is 0 Å². The number of aromatic amines is 1. The summed E-state index contributed by atoms with van der Waals surface area (Å²) in [7, 11) is 0. The third-order valence-electron chi connectivity index (χ3n) is 3.70. The largest absolute Gasteiger partial charge is 0.346 e. The summed E-state index contributed by atoms with van der Waals surface area (Å²) in [6.45, 7) is 3.87. The average Bonchev–Trinajstić information content (AvgIpc) is 3.08. The van der Waals surface area contributed by atoms with Gasteiger partial charge in [0.05, 0.1) is 12.0 Å². The minimum atomic E-state index is -0.353. The van der Waals surface area contributed by atoms with E-state index in [0.29, 0.717) is 5.82 Å². The van der Waals surface area contributed by atoms with E-state index in [0.717, 1.165) is 18.4 Å². The number of benzene rings is 1. The second-order valence-electron chi connectivity index (χ2n) is 5.34. The Morgan fingerprint density at radius 2 is 2.04 bits per heavy atom. The monoisotopic (exact) mass is 338 g/mol. The van der Waals surface area contributed by atoms with Crippen LogP contribution in [0.2, 0.25) is 0 Å². The highest BCUT2D eigenvalue weighted by molar-refractivity contribution is 5.85. The highest BCUT2D eigenvalue weighted by Crippen LogP contribution is 2.21. The predicted octanol–water partition coefficient (Wildman–Crippen LogP) is 1.91. The Morgan fingerprint density at radius 1 is 1.35 bits per heavy atom. The first-order chi connectivity index (χ1) is 10.6. The van der Waals surface area contributed by atoms with Gasteiger partial charge in [0.15, 0.2) is 5.82 Å². The number of nitrogens with zero attached hydrogens (tertiary/aromatic N) is 3. The number of carbonyl (C=O) groups excluding carboxylic acids is 1. The molecule has 126 valence electrons. The van der Waals surface area contributed by atoms with Crippen molar-refractivity contribution in [3.8, 4) is 0 Å². The maximum atomic E-state index is 12.5. The number of rotatable bonds is 7. The van der Waals surface area contributed by atoms with E-state index >= 15 is 0 Å². The van der Waals surface area contributed by atoms with Crippen LogP contribution in [0, 0.1) is 5.92 Å². The zero-order valence-electron chi connectivity index (χ0n) is 13.3. The summed E-state index contributed by atoms with van der Waals surface area (Å²) in [5.74, 6) is 0.0314. The molecule has 1 aromatic carbocycles. The molecule has 2 rings (SSSR count). The zero-order valence-corrected chi connectivity index (χ0v) is 14.1. The lowest BCUT2D eigenvalue weighted by molar-refractivity contribution is -0.126. The van der Waals surface area contributed by atoms with Gasteiger partial charge >= 0.3 is 0 Å². The molecule has 7 nitrogen and oxygen atoms in total. The van der Waals surface area contributed by atoms with Gasteiger partial charge in [0.1, 0.15) is 0 Å². The van der Waals surface area contributed by atoms with Crippen LogP contribution in [0.15, 0.2) is 30.3 Å². The van der Waals surface area contributed by atoms with Crippen LogP contribution in [-0.4, -0.2) is 26.5 Å². The molecule has 0 saturated carbocycles. The van der Waals surface area contributed by atoms with Gasteiger partial charge in [-0.25, -0.2) is 0 Å². The molecule has 1 aromatic heterocycles. The fraction of sp³-hybridized carbons (Fsp3) is 0.467. The standard InChI is InChI=1S/C15H22N6O.ClH/c1-3-7-12(14-18-20-21-19-14)17-15(22)10(2)13(16)11-8-5-4-6-9-11;/h4-6,8-10,12-13H,3,7,16H2,1-2H3,(H,17,22)(H,18,19,20,21);1H. The molecule has 0 saturated heterocycles. The van der Waals surface area contributed by atoms with Crippen molar-refractivity contribution in [3.63, 3.8) is 0 Å². The van der Waals surface area contributed by atoms with Gasteiger partial charge in [0.2, 0.25) is 5.91 Å². The van der Waals surface area contributed by atoms with Crippen molar-refractivity contribution >= 4 is 18.3 Å². The summed E-state index contributed by atoms with van der Waals surface area (Å²) in [5, 5.41) is 16.8. The summed E-state index contributed by atoms with van der Waals surface area (Å²) in [6.07, 6.45) is 1.65. The zero-order chi connectivity index (χ0) is 15.9. The van der Waals surface area contributed by atoms with Gasteiger partial charge in [0, 0.05) is 6.04 Å². The first kappa shape index (κ1) is 19.1. The fourth-order valence-electron chi connectivity index (χ4n) is 2.30. The number of nitrogens with one attached hydrogen (secondary N) is 2. The number of carbonyl (C=O) groups is 1. The van der Waals surface area contributed by atoms with Crippen molar-refractivity contribution in [2.24, 2.45) is 11.7 Å². The van der Waals surface area contributed by atoms with Crippen molar-refractivity contribution < 1.29 is 4.79 Å². The van der Waals surface area contributed by atoms with Crippen LogP contribution in [0.1, 0.15) is 50.2 Å². The third-order valence-corrected chi connectivity index (χ3v) is 3.70. The highest BCUT2D eigenvalue weighted by atomic mass is 35.5. The molecule has 23 heavy (non-hydrogen) atoms. The fourth-order valence-corrected chi connectivity index (χ4v) is 2.30. The maximum absolute atomic E-state index is 12.5. The molecule has 3 atom stereocenters. The smallest absolute Gasteiger partial charge is 0.225 e. The van der Waals surface area contributed by atoms with Crippen molar-refractivity contribution in [2.75, 3.05) is 0 Å². The third kappa shape index (κ3) is 5.01. The Balaban J connectivity index is 0.00000264. The lowest BCUT2D eigenvalue weighted by Crippen LogP contribution is -2.38. The number of hydrogen-bond donors (Lipinski definition) is 3. The first-order valence-electron chi connectivity index (χ1n) is 7.47. The minimum absolute atomic E-state index is 0. The quantitative estimate of drug-likeness (QED) is 0.714. The molecule has 0 aliphatic heterocycles. The van der Waals surface area contributed by atoms with Gasteiger partial charge in [-0.05, 0) is 12.0 Å². The lowest BCUT2D eigenvalue weighted by atomic mass is 9.94. The number of hydrogen-bond acceptors (Lipinski definition) is 5. The van der Waals surface area contributed by atoms with Crippen LogP contribution < -0.4 is 11.1 Å². The Kier molecular flexibility index (Phi) is 7.64. The van der Waals surface area contributed by atoms with Crippen molar-refractivity contribution in [2.45, 2.75) is 38.8 Å². The van der Waals surface area contributed by atoms with Crippen LogP contribution in [0.25, 0.3) is 0 Å². The summed E-state index contributed by atoms with van der Waals surface area (Å²) < 4.78 is 0. The topological polar surface area (TPSA) is 110 Å². The Bertz CT molecular complexity index is 577. The predicted molar refractivity (Wildman–Crippen MR) is 89.8 cm³/mol. The molecule has 1 heterocycles. The molecule has 0 aliphatic carbocycles. The van der Waals surface area contributed by atoms with E-state index in [4.69, 9.17) is 5.73 Å². The number of halogens is 1. The van der Waals surface area contributed by atoms with E-state index in [9.17, 15) is 4.79 Å². The lowest BCUT2D eigenvalue weighted by Gasteiger charge is -2.22. The molecule has 3 unspecified atom stereocenters. The molecule has 4 N–H and O–H groups in total. The van der Waals surface area contributed by atoms with Gasteiger partial charge in [-0.2, -0.15) is 5.21 Å². The highest BCUT2D eigenvalue weighted by Gasteiger charge is 2.26. The second kappa shape index (κ2) is 9.22. The van der Waals surface area contributed by atoms with Gasteiger partial charge in [-0.3, -0.25) is 4.79 Å². The van der Waals surface area contributed by atoms with Crippen LogP contribution >= 0.6 is 12.4 Å². The molecule has 8 heteroatoms. The normalized spacial score (nSPS) is 14.4. The van der Waals surface area contributed by atoms with E-state index < -0.39 is 0 Å². The van der Waals surface area contributed by atoms with Crippen LogP contribution in [0.4, 0.5) is 0 Å². The molecule has 2 aromatic rings. The van der Waals surface area contributed by atoms with Crippen LogP contribution in [0.5, 0.6) is 0 Å². The van der Waals surface area contributed by atoms with Crippen LogP contribution in [-0.2, 0) is 4.79 Å². The molecule has 1 amide bonds. The second-order valence-corrected chi connectivity index (χ2v) is 5.34. The number of tetrazole rings is 1. The summed E-state index contributed by atoms with van der Waals surface area (Å²) in [4.78, 5) is 12.5. The average molecular weight is 339 g/mol. The van der Waals surface area contributed by atoms with E-state index in [2.05, 4.69) is 25.9 Å². The van der Waals surface area contributed by atoms with Crippen LogP contribution in [0.3, 0.4) is 0 Å². The maximum Gasteiger partial charge on any atom is 0.225 e. The SMILES string of the molecule is CCCC(NC(=O)C(C)C(N)c1ccccc1)c1nn[nH]n1.Cl. The van der Waals surface area contributed by atoms with E-state index in [1.807, 2.05) is 44.2 Å². The van der Waals surface area contributed by atoms with E-state index in [1.165, 1.54) is 0 Å². The summed E-state index contributed by atoms with van der Waals surface area (Å²) in [6, 6.07) is 9.01. The summed E-state index contributed by atoms with van der Waals surface area (Å²) >= 11 is 0. The Morgan fingerprint density at radius 3 is 2.61 bits per heavy atom. The van der Waals surface area contributed by atoms with Crippen molar-refractivity contribution in [1.29, 1.82) is 0 Å².